The van der Waals surface area contributed by atoms with E-state index in [1.54, 1.807) is 4.68 Å². The number of nitrogens with zero attached hydrogens (tertiary/aromatic N) is 4. The molecule has 7 heteroatoms. The fraction of sp³-hybridized carbons (Fsp3) is 0.500. The first kappa shape index (κ1) is 13.3. The molecule has 2 N–H and O–H groups in total. The largest absolute Gasteiger partial charge is 0.348 e. The summed E-state index contributed by atoms with van der Waals surface area (Å²) in [4.78, 5) is 23.3. The second kappa shape index (κ2) is 5.64. The van der Waals surface area contributed by atoms with Crippen molar-refractivity contribution in [2.75, 3.05) is 0 Å². The van der Waals surface area contributed by atoms with E-state index in [-0.39, 0.29) is 11.9 Å². The highest BCUT2D eigenvalue weighted by atomic mass is 16.2. The van der Waals surface area contributed by atoms with E-state index in [0.29, 0.717) is 5.69 Å². The molecular formula is C12H18N6O. The van der Waals surface area contributed by atoms with Crippen molar-refractivity contribution in [1.82, 2.24) is 30.0 Å². The van der Waals surface area contributed by atoms with Gasteiger partial charge in [0.25, 0.3) is 5.91 Å². The number of rotatable bonds is 5. The Kier molecular flexibility index (Phi) is 3.94. The van der Waals surface area contributed by atoms with E-state index in [9.17, 15) is 4.79 Å². The van der Waals surface area contributed by atoms with Crippen LogP contribution >= 0.6 is 0 Å². The van der Waals surface area contributed by atoms with Gasteiger partial charge in [-0.1, -0.05) is 6.92 Å². The van der Waals surface area contributed by atoms with Gasteiger partial charge in [0, 0.05) is 12.2 Å². The number of aromatic nitrogens is 5. The first-order valence-electron chi connectivity index (χ1n) is 6.35. The van der Waals surface area contributed by atoms with Crippen LogP contribution < -0.4 is 5.32 Å². The fourth-order valence-corrected chi connectivity index (χ4v) is 1.95. The fourth-order valence-electron chi connectivity index (χ4n) is 1.95. The minimum Gasteiger partial charge on any atom is -0.348 e. The molecule has 0 fully saturated rings. The van der Waals surface area contributed by atoms with Crippen LogP contribution in [0.4, 0.5) is 0 Å². The molecule has 1 atom stereocenters. The Bertz CT molecular complexity index is 558. The van der Waals surface area contributed by atoms with Gasteiger partial charge in [0.15, 0.2) is 0 Å². The molecular weight excluding hydrogens is 244 g/mol. The van der Waals surface area contributed by atoms with Gasteiger partial charge < -0.3 is 10.3 Å². The summed E-state index contributed by atoms with van der Waals surface area (Å²) in [6, 6.07) is -0.161. The number of nitrogens with one attached hydrogen (secondary N) is 2. The normalized spacial score (nSPS) is 12.4. The van der Waals surface area contributed by atoms with Crippen molar-refractivity contribution in [3.63, 3.8) is 0 Å². The molecule has 1 amide bonds. The molecule has 0 bridgehead atoms. The van der Waals surface area contributed by atoms with Crippen LogP contribution in [0.15, 0.2) is 12.7 Å². The van der Waals surface area contributed by atoms with E-state index in [0.717, 1.165) is 24.5 Å². The van der Waals surface area contributed by atoms with Crippen molar-refractivity contribution in [3.8, 4) is 0 Å². The Hall–Kier alpha value is -2.18. The number of hydrogen-bond acceptors (Lipinski definition) is 4. The number of H-pyrrole nitrogens is 1. The van der Waals surface area contributed by atoms with Crippen LogP contribution in [0.3, 0.4) is 0 Å². The number of amides is 1. The summed E-state index contributed by atoms with van der Waals surface area (Å²) < 4.78 is 1.78. The Morgan fingerprint density at radius 1 is 1.47 bits per heavy atom. The van der Waals surface area contributed by atoms with Gasteiger partial charge in [0.1, 0.15) is 17.8 Å². The number of carbonyl (C=O) groups excluding carboxylic acids is 1. The molecule has 0 aliphatic heterocycles. The molecule has 0 aliphatic rings. The van der Waals surface area contributed by atoms with Gasteiger partial charge in [0.05, 0.1) is 12.4 Å². The Labute approximate surface area is 111 Å². The maximum atomic E-state index is 12.1. The number of aromatic amines is 1. The molecule has 2 rings (SSSR count). The number of carbonyl (C=O) groups is 1. The highest BCUT2D eigenvalue weighted by Crippen LogP contribution is 2.14. The molecule has 2 aromatic heterocycles. The zero-order valence-corrected chi connectivity index (χ0v) is 11.3. The molecule has 0 saturated heterocycles. The molecule has 7 nitrogen and oxygen atoms in total. The lowest BCUT2D eigenvalue weighted by atomic mass is 10.2. The monoisotopic (exact) mass is 262 g/mol. The predicted molar refractivity (Wildman–Crippen MR) is 69.5 cm³/mol. The summed E-state index contributed by atoms with van der Waals surface area (Å²) in [6.45, 7) is 6.53. The summed E-state index contributed by atoms with van der Waals surface area (Å²) >= 11 is 0. The van der Waals surface area contributed by atoms with E-state index in [2.05, 4.69) is 25.4 Å². The van der Waals surface area contributed by atoms with Crippen molar-refractivity contribution in [2.45, 2.75) is 39.8 Å². The van der Waals surface area contributed by atoms with E-state index in [1.807, 2.05) is 20.8 Å². The van der Waals surface area contributed by atoms with Gasteiger partial charge in [-0.15, -0.1) is 0 Å². The van der Waals surface area contributed by atoms with Gasteiger partial charge in [-0.25, -0.2) is 14.6 Å². The smallest absolute Gasteiger partial charge is 0.272 e. The molecule has 0 saturated carbocycles. The van der Waals surface area contributed by atoms with Gasteiger partial charge in [-0.05, 0) is 20.3 Å². The van der Waals surface area contributed by atoms with Gasteiger partial charge in [0.2, 0.25) is 0 Å². The molecule has 102 valence electrons. The SMILES string of the molecule is CC[C@@H](NC(=O)c1nc[nH]c1C)c1ncnn1CC. The van der Waals surface area contributed by atoms with Crippen molar-refractivity contribution in [3.05, 3.63) is 29.9 Å². The maximum Gasteiger partial charge on any atom is 0.272 e. The van der Waals surface area contributed by atoms with Gasteiger partial charge in [-0.2, -0.15) is 5.10 Å². The van der Waals surface area contributed by atoms with Crippen LogP contribution in [0.25, 0.3) is 0 Å². The standard InChI is InChI=1S/C12H18N6O/c1-4-9(11-15-7-16-18(11)5-2)17-12(19)10-8(3)13-6-14-10/h6-7,9H,4-5H2,1-3H3,(H,13,14)(H,17,19)/t9-/m1/s1. The quantitative estimate of drug-likeness (QED) is 0.847. The van der Waals surface area contributed by atoms with Crippen LogP contribution in [0.2, 0.25) is 0 Å². The van der Waals surface area contributed by atoms with Crippen molar-refractivity contribution >= 4 is 5.91 Å². The highest BCUT2D eigenvalue weighted by molar-refractivity contribution is 5.93. The van der Waals surface area contributed by atoms with Crippen molar-refractivity contribution < 1.29 is 4.79 Å². The number of aryl methyl sites for hydroxylation is 2. The molecule has 19 heavy (non-hydrogen) atoms. The highest BCUT2D eigenvalue weighted by Gasteiger charge is 2.20. The van der Waals surface area contributed by atoms with E-state index >= 15 is 0 Å². The first-order chi connectivity index (χ1) is 9.17. The zero-order chi connectivity index (χ0) is 13.8. The van der Waals surface area contributed by atoms with Crippen LogP contribution in [0.1, 0.15) is 48.3 Å². The van der Waals surface area contributed by atoms with E-state index in [1.165, 1.54) is 12.7 Å². The van der Waals surface area contributed by atoms with Crippen LogP contribution in [0.5, 0.6) is 0 Å². The topological polar surface area (TPSA) is 88.5 Å². The lowest BCUT2D eigenvalue weighted by Crippen LogP contribution is -2.31. The molecule has 2 aromatic rings. The second-order valence-corrected chi connectivity index (χ2v) is 4.24. The molecule has 0 unspecified atom stereocenters. The minimum atomic E-state index is -0.198. The molecule has 0 spiro atoms. The Morgan fingerprint density at radius 2 is 2.26 bits per heavy atom. The first-order valence-corrected chi connectivity index (χ1v) is 6.35. The average Bonchev–Trinajstić information content (AvgIpc) is 3.03. The lowest BCUT2D eigenvalue weighted by Gasteiger charge is -2.16. The maximum absolute atomic E-state index is 12.1. The van der Waals surface area contributed by atoms with Crippen molar-refractivity contribution in [1.29, 1.82) is 0 Å². The predicted octanol–water partition coefficient (Wildman–Crippen LogP) is 1.21. The molecule has 2 heterocycles. The zero-order valence-electron chi connectivity index (χ0n) is 11.3. The molecule has 0 radical (unpaired) electrons. The summed E-state index contributed by atoms with van der Waals surface area (Å²) in [5.74, 6) is 0.572. The van der Waals surface area contributed by atoms with E-state index < -0.39 is 0 Å². The van der Waals surface area contributed by atoms with Gasteiger partial charge >= 0.3 is 0 Å². The number of hydrogen-bond donors (Lipinski definition) is 2. The third-order valence-corrected chi connectivity index (χ3v) is 3.02. The van der Waals surface area contributed by atoms with Crippen molar-refractivity contribution in [2.24, 2.45) is 0 Å². The number of imidazole rings is 1. The van der Waals surface area contributed by atoms with Gasteiger partial charge in [-0.3, -0.25) is 4.79 Å². The molecule has 0 aromatic carbocycles. The second-order valence-electron chi connectivity index (χ2n) is 4.24. The average molecular weight is 262 g/mol. The van der Waals surface area contributed by atoms with Crippen LogP contribution in [-0.2, 0) is 6.54 Å². The third kappa shape index (κ3) is 2.64. The molecule has 0 aliphatic carbocycles. The Balaban J connectivity index is 2.16. The Morgan fingerprint density at radius 3 is 2.84 bits per heavy atom. The minimum absolute atomic E-state index is 0.161. The summed E-state index contributed by atoms with van der Waals surface area (Å²) in [5.41, 5.74) is 1.17. The summed E-state index contributed by atoms with van der Waals surface area (Å²) in [7, 11) is 0. The van der Waals surface area contributed by atoms with E-state index in [4.69, 9.17) is 0 Å². The lowest BCUT2D eigenvalue weighted by molar-refractivity contribution is 0.0927. The third-order valence-electron chi connectivity index (χ3n) is 3.02. The summed E-state index contributed by atoms with van der Waals surface area (Å²) in [5, 5.41) is 7.07. The van der Waals surface area contributed by atoms with Crippen LogP contribution in [-0.4, -0.2) is 30.6 Å². The van der Waals surface area contributed by atoms with Crippen LogP contribution in [0, 0.1) is 6.92 Å². The summed E-state index contributed by atoms with van der Waals surface area (Å²) in [6.07, 6.45) is 3.76.